The Bertz CT molecular complexity index is 564. The summed E-state index contributed by atoms with van der Waals surface area (Å²) in [6, 6.07) is 15.5. The standard InChI is InChI=1S/C14H11S2.Li/c1-2-10-7-8-13-14(9-10)16-12-6-4-3-5-11(12)15-13;/h2-9H,1H3;. The molecule has 1 aliphatic heterocycles. The van der Waals surface area contributed by atoms with E-state index in [0.29, 0.717) is 4.59 Å². The van der Waals surface area contributed by atoms with E-state index in [1.807, 2.05) is 23.5 Å². The molecule has 17 heavy (non-hydrogen) atoms. The minimum atomic E-state index is 0.600. The summed E-state index contributed by atoms with van der Waals surface area (Å²) in [6.45, 7) is 2.25. The van der Waals surface area contributed by atoms with Gasteiger partial charge in [-0.25, -0.2) is 0 Å². The molecule has 0 fully saturated rings. The maximum absolute atomic E-state index is 2.34. The summed E-state index contributed by atoms with van der Waals surface area (Å²) < 4.78 is 0.600. The second kappa shape index (κ2) is 4.78. The third kappa shape index (κ3) is 2.33. The molecule has 3 heteroatoms. The molecule has 80 valence electrons. The van der Waals surface area contributed by atoms with Crippen LogP contribution in [0.1, 0.15) is 17.1 Å². The summed E-state index contributed by atoms with van der Waals surface area (Å²) in [4.78, 5) is 5.55. The summed E-state index contributed by atoms with van der Waals surface area (Å²) in [7, 11) is 0. The molecule has 0 nitrogen and oxygen atoms in total. The third-order valence-electron chi connectivity index (χ3n) is 2.92. The minimum absolute atomic E-state index is 0.600. The molecule has 0 N–H and O–H groups in total. The van der Waals surface area contributed by atoms with Gasteiger partial charge >= 0.3 is 120 Å². The molecule has 1 unspecified atom stereocenters. The van der Waals surface area contributed by atoms with Crippen LogP contribution in [0.4, 0.5) is 0 Å². The van der Waals surface area contributed by atoms with Gasteiger partial charge in [0, 0.05) is 0 Å². The molecule has 3 rings (SSSR count). The number of benzene rings is 2. The summed E-state index contributed by atoms with van der Waals surface area (Å²) in [5.41, 5.74) is 1.43. The van der Waals surface area contributed by atoms with Crippen molar-refractivity contribution < 1.29 is 0 Å². The molecule has 0 aromatic heterocycles. The van der Waals surface area contributed by atoms with Crippen molar-refractivity contribution >= 4 is 41.2 Å². The molecule has 1 heterocycles. The number of hydrogen-bond acceptors (Lipinski definition) is 2. The van der Waals surface area contributed by atoms with E-state index in [4.69, 9.17) is 0 Å². The Kier molecular flexibility index (Phi) is 3.32. The Hall–Kier alpha value is -0.263. The van der Waals surface area contributed by atoms with Crippen molar-refractivity contribution in [1.82, 2.24) is 0 Å². The van der Waals surface area contributed by atoms with Crippen LogP contribution in [0.5, 0.6) is 0 Å². The van der Waals surface area contributed by atoms with Crippen LogP contribution < -0.4 is 0 Å². The van der Waals surface area contributed by atoms with Crippen LogP contribution in [-0.4, -0.2) is 17.7 Å². The SMILES string of the molecule is [Li][CH](C)c1ccc2c(c1)Sc1ccccc1S2. The quantitative estimate of drug-likeness (QED) is 0.582. The van der Waals surface area contributed by atoms with Crippen LogP contribution in [0, 0.1) is 0 Å². The van der Waals surface area contributed by atoms with Crippen LogP contribution in [0.2, 0.25) is 0 Å². The monoisotopic (exact) mass is 250 g/mol. The average molecular weight is 250 g/mol. The predicted molar refractivity (Wildman–Crippen MR) is 75.3 cm³/mol. The average Bonchev–Trinajstić information content (AvgIpc) is 2.35. The zero-order valence-electron chi connectivity index (χ0n) is 9.94. The second-order valence-corrected chi connectivity index (χ2v) is 6.68. The van der Waals surface area contributed by atoms with Crippen LogP contribution in [0.15, 0.2) is 62.0 Å². The summed E-state index contributed by atoms with van der Waals surface area (Å²) in [6.07, 6.45) is 0. The van der Waals surface area contributed by atoms with E-state index in [1.165, 1.54) is 25.1 Å². The van der Waals surface area contributed by atoms with Crippen molar-refractivity contribution in [2.75, 3.05) is 0 Å². The summed E-state index contributed by atoms with van der Waals surface area (Å²) >= 11 is 6.02. The van der Waals surface area contributed by atoms with Gasteiger partial charge in [0.1, 0.15) is 0 Å². The third-order valence-corrected chi connectivity index (χ3v) is 5.47. The fraction of sp³-hybridized carbons (Fsp3) is 0.143. The van der Waals surface area contributed by atoms with Gasteiger partial charge in [-0.1, -0.05) is 0 Å². The van der Waals surface area contributed by atoms with Gasteiger partial charge in [-0.05, 0) is 0 Å². The Morgan fingerprint density at radius 1 is 0.882 bits per heavy atom. The normalized spacial score (nSPS) is 15.0. The van der Waals surface area contributed by atoms with Crippen molar-refractivity contribution in [2.45, 2.75) is 31.1 Å². The van der Waals surface area contributed by atoms with E-state index in [-0.39, 0.29) is 0 Å². The molecule has 0 bridgehead atoms. The van der Waals surface area contributed by atoms with E-state index in [2.05, 4.69) is 67.1 Å². The zero-order valence-corrected chi connectivity index (χ0v) is 11.6. The van der Waals surface area contributed by atoms with E-state index in [0.717, 1.165) is 0 Å². The van der Waals surface area contributed by atoms with Crippen LogP contribution in [-0.2, 0) is 0 Å². The van der Waals surface area contributed by atoms with E-state index < -0.39 is 0 Å². The van der Waals surface area contributed by atoms with E-state index in [1.54, 1.807) is 0 Å². The van der Waals surface area contributed by atoms with Crippen LogP contribution >= 0.6 is 23.5 Å². The molecule has 0 aliphatic carbocycles. The fourth-order valence-electron chi connectivity index (χ4n) is 1.90. The first kappa shape index (κ1) is 11.8. The molecule has 1 aliphatic rings. The Morgan fingerprint density at radius 3 is 2.12 bits per heavy atom. The molecular formula is C14H11LiS2. The summed E-state index contributed by atoms with van der Waals surface area (Å²) in [5.74, 6) is 0. The van der Waals surface area contributed by atoms with Crippen molar-refractivity contribution in [3.63, 3.8) is 0 Å². The molecule has 2 aromatic rings. The first-order valence-corrected chi connectivity index (χ1v) is 7.46. The summed E-state index contributed by atoms with van der Waals surface area (Å²) in [5, 5.41) is 0. The first-order chi connectivity index (χ1) is 8.24. The van der Waals surface area contributed by atoms with Gasteiger partial charge < -0.3 is 0 Å². The molecule has 2 aromatic carbocycles. The van der Waals surface area contributed by atoms with Crippen molar-refractivity contribution in [2.24, 2.45) is 0 Å². The Balaban J connectivity index is 2.03. The van der Waals surface area contributed by atoms with Crippen molar-refractivity contribution in [1.29, 1.82) is 0 Å². The number of fused-ring (bicyclic) bond motifs is 2. The molecule has 0 saturated carbocycles. The van der Waals surface area contributed by atoms with Crippen LogP contribution in [0.3, 0.4) is 0 Å². The van der Waals surface area contributed by atoms with Gasteiger partial charge in [0.05, 0.1) is 0 Å². The molecule has 0 saturated heterocycles. The van der Waals surface area contributed by atoms with Gasteiger partial charge in [0.15, 0.2) is 0 Å². The number of hydrogen-bond donors (Lipinski definition) is 0. The molecule has 0 radical (unpaired) electrons. The Morgan fingerprint density at radius 2 is 1.47 bits per heavy atom. The van der Waals surface area contributed by atoms with Gasteiger partial charge in [0.2, 0.25) is 0 Å². The predicted octanol–water partition coefficient (Wildman–Crippen LogP) is 4.53. The number of rotatable bonds is 1. The first-order valence-electron chi connectivity index (χ1n) is 5.83. The Labute approximate surface area is 120 Å². The molecule has 0 spiro atoms. The van der Waals surface area contributed by atoms with Gasteiger partial charge in [-0.15, -0.1) is 0 Å². The van der Waals surface area contributed by atoms with Gasteiger partial charge in [0.25, 0.3) is 0 Å². The molecular weight excluding hydrogens is 239 g/mol. The van der Waals surface area contributed by atoms with Gasteiger partial charge in [-0.2, -0.15) is 0 Å². The molecule has 0 amide bonds. The fourth-order valence-corrected chi connectivity index (χ4v) is 4.17. The van der Waals surface area contributed by atoms with E-state index >= 15 is 0 Å². The van der Waals surface area contributed by atoms with Gasteiger partial charge in [-0.3, -0.25) is 0 Å². The maximum atomic E-state index is 2.34. The van der Waals surface area contributed by atoms with Crippen LogP contribution in [0.25, 0.3) is 0 Å². The van der Waals surface area contributed by atoms with Crippen molar-refractivity contribution in [3.05, 3.63) is 48.0 Å². The molecule has 1 atom stereocenters. The van der Waals surface area contributed by atoms with E-state index in [9.17, 15) is 0 Å². The zero-order chi connectivity index (χ0) is 11.8. The second-order valence-electron chi connectivity index (χ2n) is 4.51. The topological polar surface area (TPSA) is 0 Å². The van der Waals surface area contributed by atoms with Crippen molar-refractivity contribution in [3.8, 4) is 0 Å².